The maximum Gasteiger partial charge on any atom is 0.389 e. The smallest absolute Gasteiger partial charge is 0.389 e. The molecular formula is C26H34F4N4O3. The molecule has 2 aromatic rings. The molecule has 3 heterocycles. The number of carbonyl (C=O) groups excluding carboxylic acids is 1. The van der Waals surface area contributed by atoms with Crippen molar-refractivity contribution in [3.8, 4) is 5.88 Å². The number of rotatable bonds is 9. The van der Waals surface area contributed by atoms with Crippen molar-refractivity contribution in [3.63, 3.8) is 0 Å². The Bertz CT molecular complexity index is 1050. The first-order valence-corrected chi connectivity index (χ1v) is 12.9. The average molecular weight is 527 g/mol. The van der Waals surface area contributed by atoms with Crippen molar-refractivity contribution in [2.24, 2.45) is 0 Å². The number of ether oxygens (including phenoxy) is 1. The Kier molecular flexibility index (Phi) is 8.71. The molecule has 0 spiro atoms. The molecule has 2 aromatic heterocycles. The zero-order chi connectivity index (χ0) is 26.5. The van der Waals surface area contributed by atoms with Gasteiger partial charge >= 0.3 is 6.18 Å². The molecule has 1 aliphatic carbocycles. The summed E-state index contributed by atoms with van der Waals surface area (Å²) in [6, 6.07) is 5.10. The number of halogens is 4. The molecule has 1 N–H and O–H groups in total. The fourth-order valence-electron chi connectivity index (χ4n) is 5.01. The highest BCUT2D eigenvalue weighted by molar-refractivity contribution is 5.77. The first-order chi connectivity index (χ1) is 17.6. The third-order valence-corrected chi connectivity index (χ3v) is 7.23. The molecular weight excluding hydrogens is 492 g/mol. The quantitative estimate of drug-likeness (QED) is 0.485. The van der Waals surface area contributed by atoms with Crippen LogP contribution in [0.2, 0.25) is 0 Å². The van der Waals surface area contributed by atoms with Crippen molar-refractivity contribution in [3.05, 3.63) is 40.9 Å². The fraction of sp³-hybridized carbons (Fsp3) is 0.654. The Morgan fingerprint density at radius 3 is 2.70 bits per heavy atom. The van der Waals surface area contributed by atoms with E-state index in [0.717, 1.165) is 24.2 Å². The van der Waals surface area contributed by atoms with Gasteiger partial charge in [0.2, 0.25) is 0 Å². The molecule has 1 fully saturated rings. The summed E-state index contributed by atoms with van der Waals surface area (Å²) in [6.07, 6.45) is -1.43. The highest BCUT2D eigenvalue weighted by Crippen LogP contribution is 2.35. The minimum atomic E-state index is -4.19. The van der Waals surface area contributed by atoms with E-state index in [1.54, 1.807) is 19.1 Å². The molecule has 0 radical (unpaired) electrons. The molecule has 204 valence electrons. The topological polar surface area (TPSA) is 80.5 Å². The van der Waals surface area contributed by atoms with Gasteiger partial charge in [-0.15, -0.1) is 0 Å². The number of hydrogen-bond donors (Lipinski definition) is 1. The molecule has 0 bridgehead atoms. The number of amides is 1. The first-order valence-electron chi connectivity index (χ1n) is 12.9. The van der Waals surface area contributed by atoms with E-state index in [2.05, 4.69) is 20.4 Å². The summed E-state index contributed by atoms with van der Waals surface area (Å²) in [5.41, 5.74) is 1.12. The first kappa shape index (κ1) is 27.3. The van der Waals surface area contributed by atoms with E-state index in [1.807, 2.05) is 6.07 Å². The number of carbonyl (C=O) groups is 1. The molecule has 0 saturated heterocycles. The van der Waals surface area contributed by atoms with Crippen LogP contribution in [0.3, 0.4) is 0 Å². The number of aryl methyl sites for hydroxylation is 2. The Labute approximate surface area is 213 Å². The van der Waals surface area contributed by atoms with Gasteiger partial charge in [-0.1, -0.05) is 6.07 Å². The number of aromatic nitrogens is 2. The van der Waals surface area contributed by atoms with Crippen LogP contribution in [0.15, 0.2) is 22.7 Å². The Morgan fingerprint density at radius 2 is 2.00 bits per heavy atom. The molecule has 2 aliphatic rings. The molecule has 1 saturated carbocycles. The van der Waals surface area contributed by atoms with Gasteiger partial charge in [-0.05, 0) is 68.7 Å². The average Bonchev–Trinajstić information content (AvgIpc) is 3.16. The van der Waals surface area contributed by atoms with Crippen LogP contribution < -0.4 is 10.1 Å². The predicted molar refractivity (Wildman–Crippen MR) is 128 cm³/mol. The van der Waals surface area contributed by atoms with Crippen LogP contribution >= 0.6 is 0 Å². The summed E-state index contributed by atoms with van der Waals surface area (Å²) >= 11 is 0. The van der Waals surface area contributed by atoms with Gasteiger partial charge in [-0.3, -0.25) is 9.78 Å². The summed E-state index contributed by atoms with van der Waals surface area (Å²) in [6.45, 7) is 3.67. The van der Waals surface area contributed by atoms with Gasteiger partial charge in [0.25, 0.3) is 11.8 Å². The van der Waals surface area contributed by atoms with E-state index in [1.165, 1.54) is 0 Å². The van der Waals surface area contributed by atoms with Crippen LogP contribution in [0.5, 0.6) is 5.88 Å². The van der Waals surface area contributed by atoms with Crippen molar-refractivity contribution >= 4 is 5.91 Å². The SMILES string of the molecule is Cc1cc(OCC(=O)N[C@H]2CC[C@](F)(CCN3CCc4ccc(CCC(F)(F)F)nc4CC3)CC2)no1. The van der Waals surface area contributed by atoms with Crippen molar-refractivity contribution in [1.29, 1.82) is 0 Å². The minimum Gasteiger partial charge on any atom is -0.465 e. The molecule has 1 aliphatic heterocycles. The van der Waals surface area contributed by atoms with Gasteiger partial charge < -0.3 is 19.5 Å². The fourth-order valence-corrected chi connectivity index (χ4v) is 5.01. The Hall–Kier alpha value is -2.69. The number of nitrogens with zero attached hydrogens (tertiary/aromatic N) is 3. The van der Waals surface area contributed by atoms with Gasteiger partial charge in [-0.2, -0.15) is 13.2 Å². The highest BCUT2D eigenvalue weighted by Gasteiger charge is 2.36. The second kappa shape index (κ2) is 11.8. The van der Waals surface area contributed by atoms with Crippen LogP contribution in [-0.4, -0.2) is 65.1 Å². The van der Waals surface area contributed by atoms with E-state index >= 15 is 4.39 Å². The van der Waals surface area contributed by atoms with Gasteiger partial charge in [0, 0.05) is 56.0 Å². The maximum absolute atomic E-state index is 15.5. The van der Waals surface area contributed by atoms with Crippen LogP contribution in [0, 0.1) is 6.92 Å². The lowest BCUT2D eigenvalue weighted by Gasteiger charge is -2.35. The van der Waals surface area contributed by atoms with Crippen LogP contribution in [0.1, 0.15) is 61.2 Å². The molecule has 0 atom stereocenters. The van der Waals surface area contributed by atoms with E-state index in [-0.39, 0.29) is 30.9 Å². The Balaban J connectivity index is 1.17. The standard InChI is InChI=1S/C26H34F4N4O3/c1-18-16-24(33-37-18)36-17-23(35)32-21-4-9-25(27,10-5-21)12-15-34-13-7-19-2-3-20(6-11-26(28,29)30)31-22(19)8-14-34/h2-3,16,21H,4-15,17H2,1H3,(H,32,35)/t21-,25+. The lowest BCUT2D eigenvalue weighted by molar-refractivity contribution is -0.134. The van der Waals surface area contributed by atoms with E-state index < -0.39 is 18.3 Å². The van der Waals surface area contributed by atoms with E-state index in [0.29, 0.717) is 63.1 Å². The van der Waals surface area contributed by atoms with Crippen molar-refractivity contribution in [2.45, 2.75) is 82.6 Å². The zero-order valence-corrected chi connectivity index (χ0v) is 21.1. The van der Waals surface area contributed by atoms with Gasteiger partial charge in [0.15, 0.2) is 6.61 Å². The lowest BCUT2D eigenvalue weighted by atomic mass is 9.81. The Morgan fingerprint density at radius 1 is 1.24 bits per heavy atom. The number of alkyl halides is 4. The van der Waals surface area contributed by atoms with Gasteiger partial charge in [0.05, 0.1) is 0 Å². The maximum atomic E-state index is 15.5. The number of fused-ring (bicyclic) bond motifs is 1. The monoisotopic (exact) mass is 526 g/mol. The third kappa shape index (κ3) is 8.41. The van der Waals surface area contributed by atoms with Gasteiger partial charge in [0.1, 0.15) is 11.4 Å². The summed E-state index contributed by atoms with van der Waals surface area (Å²) in [4.78, 5) is 18.9. The van der Waals surface area contributed by atoms with Crippen molar-refractivity contribution in [2.75, 3.05) is 26.2 Å². The normalized spacial score (nSPS) is 22.8. The van der Waals surface area contributed by atoms with E-state index in [9.17, 15) is 18.0 Å². The molecule has 37 heavy (non-hydrogen) atoms. The molecule has 4 rings (SSSR count). The summed E-state index contributed by atoms with van der Waals surface area (Å²) in [7, 11) is 0. The molecule has 7 nitrogen and oxygen atoms in total. The second-order valence-corrected chi connectivity index (χ2v) is 10.2. The van der Waals surface area contributed by atoms with E-state index in [4.69, 9.17) is 9.26 Å². The molecule has 11 heteroatoms. The largest absolute Gasteiger partial charge is 0.465 e. The summed E-state index contributed by atoms with van der Waals surface area (Å²) in [5.74, 6) is 0.585. The summed E-state index contributed by atoms with van der Waals surface area (Å²) < 4.78 is 63.3. The van der Waals surface area contributed by atoms with Crippen LogP contribution in [0.4, 0.5) is 17.6 Å². The number of nitrogens with one attached hydrogen (secondary N) is 1. The van der Waals surface area contributed by atoms with Gasteiger partial charge in [-0.25, -0.2) is 4.39 Å². The molecule has 0 unspecified atom stereocenters. The van der Waals surface area contributed by atoms with Crippen LogP contribution in [0.25, 0.3) is 0 Å². The number of hydrogen-bond acceptors (Lipinski definition) is 6. The van der Waals surface area contributed by atoms with Crippen molar-refractivity contribution in [1.82, 2.24) is 20.4 Å². The van der Waals surface area contributed by atoms with Crippen LogP contribution in [-0.2, 0) is 24.1 Å². The summed E-state index contributed by atoms with van der Waals surface area (Å²) in [5, 5.41) is 6.59. The predicted octanol–water partition coefficient (Wildman–Crippen LogP) is 4.51. The molecule has 0 aromatic carbocycles. The second-order valence-electron chi connectivity index (χ2n) is 10.2. The van der Waals surface area contributed by atoms with Crippen molar-refractivity contribution < 1.29 is 31.6 Å². The zero-order valence-electron chi connectivity index (χ0n) is 21.1. The number of pyridine rings is 1. The molecule has 1 amide bonds. The lowest BCUT2D eigenvalue weighted by Crippen LogP contribution is -2.44. The third-order valence-electron chi connectivity index (χ3n) is 7.23. The highest BCUT2D eigenvalue weighted by atomic mass is 19.4. The minimum absolute atomic E-state index is 0.0793.